The zero-order valence-corrected chi connectivity index (χ0v) is 8.47. The third-order valence-electron chi connectivity index (χ3n) is 1.88. The number of aromatic nitrogens is 2. The first-order valence-electron chi connectivity index (χ1n) is 4.83. The average molecular weight is 235 g/mol. The van der Waals surface area contributed by atoms with Crippen molar-refractivity contribution in [3.05, 3.63) is 22.6 Å². The summed E-state index contributed by atoms with van der Waals surface area (Å²) in [6, 6.07) is 1.30. The van der Waals surface area contributed by atoms with E-state index < -0.39 is 12.6 Å². The van der Waals surface area contributed by atoms with Gasteiger partial charge in [-0.25, -0.2) is 5.10 Å². The number of nitrogens with one attached hydrogen (secondary N) is 2. The molecule has 0 radical (unpaired) electrons. The van der Waals surface area contributed by atoms with Crippen LogP contribution in [0.25, 0.3) is 0 Å². The largest absolute Gasteiger partial charge is 0.389 e. The van der Waals surface area contributed by atoms with Gasteiger partial charge in [0.15, 0.2) is 0 Å². The van der Waals surface area contributed by atoms with Crippen LogP contribution < -0.4 is 10.9 Å². The van der Waals surface area contributed by atoms with Crippen molar-refractivity contribution in [3.63, 3.8) is 0 Å². The van der Waals surface area contributed by atoms with E-state index in [0.29, 0.717) is 18.7 Å². The summed E-state index contributed by atoms with van der Waals surface area (Å²) in [6.07, 6.45) is -2.99. The van der Waals surface area contributed by atoms with Gasteiger partial charge in [-0.2, -0.15) is 18.3 Å². The third kappa shape index (κ3) is 5.38. The number of H-pyrrole nitrogens is 1. The quantitative estimate of drug-likeness (QED) is 0.766. The number of aromatic amines is 1. The fourth-order valence-electron chi connectivity index (χ4n) is 1.16. The molecule has 0 aliphatic heterocycles. The van der Waals surface area contributed by atoms with Crippen LogP contribution in [0.5, 0.6) is 0 Å². The average Bonchev–Trinajstić information content (AvgIpc) is 2.15. The molecule has 0 aliphatic rings. The minimum absolute atomic E-state index is 0.0765. The molecule has 4 nitrogen and oxygen atoms in total. The standard InChI is InChI=1S/C9H12F3N3O/c10-9(11,12)3-1-2-4-13-7-5-8(16)15-14-6-7/h5-6H,1-4H2,(H2,13,15,16). The van der Waals surface area contributed by atoms with Crippen LogP contribution >= 0.6 is 0 Å². The molecule has 16 heavy (non-hydrogen) atoms. The van der Waals surface area contributed by atoms with Crippen LogP contribution in [0.2, 0.25) is 0 Å². The first kappa shape index (κ1) is 12.5. The highest BCUT2D eigenvalue weighted by atomic mass is 19.4. The fourth-order valence-corrected chi connectivity index (χ4v) is 1.16. The fraction of sp³-hybridized carbons (Fsp3) is 0.556. The Morgan fingerprint density at radius 3 is 2.75 bits per heavy atom. The minimum atomic E-state index is -4.09. The second-order valence-corrected chi connectivity index (χ2v) is 3.33. The molecule has 1 aromatic heterocycles. The first-order chi connectivity index (χ1) is 7.47. The Balaban J connectivity index is 2.19. The second-order valence-electron chi connectivity index (χ2n) is 3.33. The van der Waals surface area contributed by atoms with Crippen LogP contribution in [0.4, 0.5) is 18.9 Å². The van der Waals surface area contributed by atoms with Crippen molar-refractivity contribution in [2.45, 2.75) is 25.4 Å². The lowest BCUT2D eigenvalue weighted by atomic mass is 10.2. The number of hydrogen-bond acceptors (Lipinski definition) is 3. The monoisotopic (exact) mass is 235 g/mol. The van der Waals surface area contributed by atoms with Gasteiger partial charge in [0.2, 0.25) is 0 Å². The van der Waals surface area contributed by atoms with E-state index in [0.717, 1.165) is 0 Å². The van der Waals surface area contributed by atoms with E-state index in [1.54, 1.807) is 0 Å². The van der Waals surface area contributed by atoms with Crippen LogP contribution in [0.3, 0.4) is 0 Å². The van der Waals surface area contributed by atoms with E-state index in [2.05, 4.69) is 15.5 Å². The Kier molecular flexibility index (Phi) is 4.33. The summed E-state index contributed by atoms with van der Waals surface area (Å²) in [5, 5.41) is 8.56. The van der Waals surface area contributed by atoms with Crippen LogP contribution in [-0.2, 0) is 0 Å². The lowest BCUT2D eigenvalue weighted by molar-refractivity contribution is -0.135. The van der Waals surface area contributed by atoms with Crippen molar-refractivity contribution in [1.29, 1.82) is 0 Å². The van der Waals surface area contributed by atoms with Gasteiger partial charge in [0.25, 0.3) is 5.56 Å². The molecule has 0 atom stereocenters. The Morgan fingerprint density at radius 1 is 1.38 bits per heavy atom. The highest BCUT2D eigenvalue weighted by Crippen LogP contribution is 2.21. The van der Waals surface area contributed by atoms with Crippen LogP contribution in [-0.4, -0.2) is 22.9 Å². The molecule has 0 fully saturated rings. The predicted molar refractivity (Wildman–Crippen MR) is 53.3 cm³/mol. The Hall–Kier alpha value is -1.53. The summed E-state index contributed by atoms with van der Waals surface area (Å²) < 4.78 is 35.3. The van der Waals surface area contributed by atoms with Gasteiger partial charge in [-0.3, -0.25) is 4.79 Å². The van der Waals surface area contributed by atoms with Gasteiger partial charge >= 0.3 is 6.18 Å². The molecule has 0 saturated heterocycles. The molecule has 1 heterocycles. The smallest absolute Gasteiger partial charge is 0.384 e. The molecule has 0 unspecified atom stereocenters. The van der Waals surface area contributed by atoms with Crippen molar-refractivity contribution in [2.75, 3.05) is 11.9 Å². The summed E-state index contributed by atoms with van der Waals surface area (Å²) in [4.78, 5) is 10.8. The van der Waals surface area contributed by atoms with Crippen molar-refractivity contribution < 1.29 is 13.2 Å². The maximum atomic E-state index is 11.8. The predicted octanol–water partition coefficient (Wildman–Crippen LogP) is 1.91. The number of nitrogens with zero attached hydrogens (tertiary/aromatic N) is 1. The molecule has 0 saturated carbocycles. The van der Waals surface area contributed by atoms with Crippen LogP contribution in [0.15, 0.2) is 17.1 Å². The normalized spacial score (nSPS) is 11.4. The van der Waals surface area contributed by atoms with Crippen LogP contribution in [0, 0.1) is 0 Å². The molecule has 7 heteroatoms. The zero-order valence-electron chi connectivity index (χ0n) is 8.47. The molecule has 1 rings (SSSR count). The molecular formula is C9H12F3N3O. The van der Waals surface area contributed by atoms with E-state index in [-0.39, 0.29) is 12.0 Å². The first-order valence-corrected chi connectivity index (χ1v) is 4.83. The van der Waals surface area contributed by atoms with E-state index in [9.17, 15) is 18.0 Å². The molecule has 0 amide bonds. The highest BCUT2D eigenvalue weighted by molar-refractivity contribution is 5.38. The summed E-state index contributed by atoms with van der Waals surface area (Å²) in [5.74, 6) is 0. The number of hydrogen-bond donors (Lipinski definition) is 2. The summed E-state index contributed by atoms with van der Waals surface area (Å²) >= 11 is 0. The molecule has 0 aromatic carbocycles. The summed E-state index contributed by atoms with van der Waals surface area (Å²) in [7, 11) is 0. The van der Waals surface area contributed by atoms with E-state index in [1.165, 1.54) is 12.3 Å². The lowest BCUT2D eigenvalue weighted by Crippen LogP contribution is -2.11. The van der Waals surface area contributed by atoms with Gasteiger partial charge in [-0.05, 0) is 12.8 Å². The molecule has 0 aliphatic carbocycles. The number of alkyl halides is 3. The van der Waals surface area contributed by atoms with Gasteiger partial charge in [0, 0.05) is 19.0 Å². The van der Waals surface area contributed by atoms with Crippen molar-refractivity contribution in [2.24, 2.45) is 0 Å². The van der Waals surface area contributed by atoms with Gasteiger partial charge in [0.1, 0.15) is 0 Å². The highest BCUT2D eigenvalue weighted by Gasteiger charge is 2.25. The topological polar surface area (TPSA) is 57.8 Å². The number of unbranched alkanes of at least 4 members (excludes halogenated alkanes) is 1. The van der Waals surface area contributed by atoms with E-state index in [1.807, 2.05) is 0 Å². The summed E-state index contributed by atoms with van der Waals surface area (Å²) in [5.41, 5.74) is 0.163. The van der Waals surface area contributed by atoms with Gasteiger partial charge in [-0.15, -0.1) is 0 Å². The zero-order chi connectivity index (χ0) is 12.0. The molecular weight excluding hydrogens is 223 g/mol. The van der Waals surface area contributed by atoms with E-state index in [4.69, 9.17) is 0 Å². The Morgan fingerprint density at radius 2 is 2.12 bits per heavy atom. The van der Waals surface area contributed by atoms with Crippen molar-refractivity contribution in [1.82, 2.24) is 10.2 Å². The minimum Gasteiger partial charge on any atom is -0.384 e. The third-order valence-corrected chi connectivity index (χ3v) is 1.88. The van der Waals surface area contributed by atoms with Gasteiger partial charge in [-0.1, -0.05) is 0 Å². The van der Waals surface area contributed by atoms with Crippen molar-refractivity contribution >= 4 is 5.69 Å². The second kappa shape index (κ2) is 5.53. The van der Waals surface area contributed by atoms with Crippen molar-refractivity contribution in [3.8, 4) is 0 Å². The van der Waals surface area contributed by atoms with Crippen LogP contribution in [0.1, 0.15) is 19.3 Å². The number of rotatable bonds is 5. The molecule has 0 spiro atoms. The maximum Gasteiger partial charge on any atom is 0.389 e. The lowest BCUT2D eigenvalue weighted by Gasteiger charge is -2.07. The maximum absolute atomic E-state index is 11.8. The number of anilines is 1. The van der Waals surface area contributed by atoms with Gasteiger partial charge in [0.05, 0.1) is 11.9 Å². The molecule has 0 bridgehead atoms. The SMILES string of the molecule is O=c1cc(NCCCCC(F)(F)F)cn[nH]1. The Labute approximate surface area is 89.9 Å². The molecule has 2 N–H and O–H groups in total. The number of halogens is 3. The Bertz CT molecular complexity index is 375. The molecule has 90 valence electrons. The van der Waals surface area contributed by atoms with E-state index >= 15 is 0 Å². The summed E-state index contributed by atoms with van der Waals surface area (Å²) in [6.45, 7) is 0.390. The molecule has 1 aromatic rings. The van der Waals surface area contributed by atoms with Gasteiger partial charge < -0.3 is 5.32 Å².